The first-order valence-electron chi connectivity index (χ1n) is 11.3. The fraction of sp³-hybridized carbons (Fsp3) is 0.609. The third kappa shape index (κ3) is 12.1. The molecule has 2 rings (SSSR count). The molecule has 1 unspecified atom stereocenters. The second-order valence-electron chi connectivity index (χ2n) is 8.60. The van der Waals surface area contributed by atoms with Crippen LogP contribution in [-0.4, -0.2) is 55.9 Å². The molecule has 1 heterocycles. The third-order valence-corrected chi connectivity index (χ3v) is 4.49. The van der Waals surface area contributed by atoms with E-state index in [4.69, 9.17) is 9.47 Å². The van der Waals surface area contributed by atoms with Crippen molar-refractivity contribution in [2.75, 3.05) is 31.6 Å². The average Bonchev–Trinajstić information content (AvgIpc) is 3.26. The maximum absolute atomic E-state index is 12.2. The quantitative estimate of drug-likeness (QED) is 0.156. The predicted molar refractivity (Wildman–Crippen MR) is 141 cm³/mol. The van der Waals surface area contributed by atoms with Crippen molar-refractivity contribution >= 4 is 47.6 Å². The highest BCUT2D eigenvalue weighted by atomic mass is 127. The monoisotopic (exact) mass is 575 g/mol. The van der Waals surface area contributed by atoms with E-state index in [1.54, 1.807) is 0 Å². The number of hydrogen-bond donors (Lipinski definition) is 4. The van der Waals surface area contributed by atoms with Crippen molar-refractivity contribution in [3.63, 3.8) is 0 Å². The van der Waals surface area contributed by atoms with Gasteiger partial charge in [0.2, 0.25) is 0 Å². The molecule has 1 atom stereocenters. The third-order valence-electron chi connectivity index (χ3n) is 4.49. The lowest BCUT2D eigenvalue weighted by molar-refractivity contribution is -0.124. The van der Waals surface area contributed by atoms with Crippen LogP contribution in [-0.2, 0) is 20.8 Å². The average molecular weight is 575 g/mol. The molecule has 0 aromatic heterocycles. The Hall–Kier alpha value is -2.08. The summed E-state index contributed by atoms with van der Waals surface area (Å²) in [6.07, 6.45) is 1.65. The number of nitrogens with zero attached hydrogens (tertiary/aromatic N) is 1. The number of benzene rings is 1. The number of aliphatic imine (C=N–C) groups is 1. The zero-order chi connectivity index (χ0) is 23.4. The summed E-state index contributed by atoms with van der Waals surface area (Å²) >= 11 is 0. The summed E-state index contributed by atoms with van der Waals surface area (Å²) in [4.78, 5) is 28.5. The maximum Gasteiger partial charge on any atom is 0.407 e. The molecule has 0 saturated carbocycles. The fourth-order valence-corrected chi connectivity index (χ4v) is 3.07. The molecular weight excluding hydrogens is 537 g/mol. The van der Waals surface area contributed by atoms with Crippen LogP contribution < -0.4 is 21.3 Å². The van der Waals surface area contributed by atoms with Crippen LogP contribution in [0.15, 0.2) is 29.3 Å². The smallest absolute Gasteiger partial charge is 0.407 e. The number of amides is 2. The first kappa shape index (κ1) is 29.0. The van der Waals surface area contributed by atoms with E-state index in [-0.39, 0.29) is 36.0 Å². The molecule has 2 amide bonds. The van der Waals surface area contributed by atoms with Crippen LogP contribution >= 0.6 is 24.0 Å². The summed E-state index contributed by atoms with van der Waals surface area (Å²) in [5.41, 5.74) is 1.22. The van der Waals surface area contributed by atoms with Crippen LogP contribution in [0.25, 0.3) is 0 Å². The van der Waals surface area contributed by atoms with Gasteiger partial charge in [0.05, 0.1) is 6.54 Å². The van der Waals surface area contributed by atoms with Gasteiger partial charge in [0.15, 0.2) is 5.96 Å². The van der Waals surface area contributed by atoms with Crippen LogP contribution in [0.1, 0.15) is 52.5 Å². The Morgan fingerprint density at radius 2 is 1.94 bits per heavy atom. The van der Waals surface area contributed by atoms with Gasteiger partial charge in [-0.2, -0.15) is 0 Å². The van der Waals surface area contributed by atoms with Crippen molar-refractivity contribution in [2.45, 2.75) is 65.2 Å². The summed E-state index contributed by atoms with van der Waals surface area (Å²) in [7, 11) is 0. The predicted octanol–water partition coefficient (Wildman–Crippen LogP) is 3.39. The van der Waals surface area contributed by atoms with Crippen LogP contribution in [0.2, 0.25) is 0 Å². The Kier molecular flexibility index (Phi) is 13.1. The fourth-order valence-electron chi connectivity index (χ4n) is 3.07. The lowest BCUT2D eigenvalue weighted by Gasteiger charge is -2.19. The van der Waals surface area contributed by atoms with Crippen molar-refractivity contribution in [3.05, 3.63) is 29.8 Å². The number of alkyl carbamates (subject to hydrolysis) is 1. The van der Waals surface area contributed by atoms with Crippen molar-refractivity contribution in [1.82, 2.24) is 16.0 Å². The van der Waals surface area contributed by atoms with Crippen molar-refractivity contribution in [2.24, 2.45) is 4.99 Å². The normalized spacial score (nSPS) is 15.9. The molecule has 0 aliphatic carbocycles. The van der Waals surface area contributed by atoms with E-state index in [0.29, 0.717) is 32.2 Å². The number of guanidine groups is 1. The molecule has 1 saturated heterocycles. The Labute approximate surface area is 213 Å². The second-order valence-corrected chi connectivity index (χ2v) is 8.60. The summed E-state index contributed by atoms with van der Waals surface area (Å²) < 4.78 is 10.6. The Bertz CT molecular complexity index is 776. The molecule has 0 bridgehead atoms. The van der Waals surface area contributed by atoms with E-state index in [9.17, 15) is 9.59 Å². The molecule has 1 aliphatic heterocycles. The molecule has 1 fully saturated rings. The highest BCUT2D eigenvalue weighted by molar-refractivity contribution is 14.0. The van der Waals surface area contributed by atoms with E-state index < -0.39 is 11.7 Å². The van der Waals surface area contributed by atoms with Gasteiger partial charge >= 0.3 is 6.09 Å². The Morgan fingerprint density at radius 1 is 1.18 bits per heavy atom. The maximum atomic E-state index is 12.2. The van der Waals surface area contributed by atoms with Crippen molar-refractivity contribution in [1.29, 1.82) is 0 Å². The molecule has 4 N–H and O–H groups in total. The second kappa shape index (κ2) is 14.9. The molecule has 33 heavy (non-hydrogen) atoms. The van der Waals surface area contributed by atoms with Gasteiger partial charge in [0.25, 0.3) is 5.91 Å². The van der Waals surface area contributed by atoms with Crippen molar-refractivity contribution < 1.29 is 19.1 Å². The molecule has 1 aliphatic rings. The molecule has 186 valence electrons. The lowest BCUT2D eigenvalue weighted by Crippen LogP contribution is -2.39. The SMILES string of the molecule is CCNC(=NCc1cccc(NC(=O)C2CCCO2)c1)NCCCNC(=O)OC(C)(C)C.I. The first-order chi connectivity index (χ1) is 15.3. The van der Waals surface area contributed by atoms with Crippen LogP contribution in [0.4, 0.5) is 10.5 Å². The molecule has 1 aromatic carbocycles. The van der Waals surface area contributed by atoms with Gasteiger partial charge in [0.1, 0.15) is 11.7 Å². The largest absolute Gasteiger partial charge is 0.444 e. The Balaban J connectivity index is 0.00000544. The van der Waals surface area contributed by atoms with Gasteiger partial charge in [-0.25, -0.2) is 9.79 Å². The molecule has 0 spiro atoms. The van der Waals surface area contributed by atoms with E-state index in [1.807, 2.05) is 52.0 Å². The number of nitrogens with one attached hydrogen (secondary N) is 4. The number of ether oxygens (including phenoxy) is 2. The summed E-state index contributed by atoms with van der Waals surface area (Å²) in [6, 6.07) is 7.66. The standard InChI is InChI=1S/C23H37N5O4.HI/c1-5-24-21(25-12-8-13-26-22(30)32-23(2,3)4)27-16-17-9-6-10-18(15-17)28-20(29)19-11-7-14-31-19;/h6,9-10,15,19H,5,7-8,11-14,16H2,1-4H3,(H,26,30)(H,28,29)(H2,24,25,27);1H. The zero-order valence-corrected chi connectivity index (χ0v) is 22.4. The van der Waals surface area contributed by atoms with Crippen LogP contribution in [0.5, 0.6) is 0 Å². The molecule has 9 nitrogen and oxygen atoms in total. The topological polar surface area (TPSA) is 113 Å². The summed E-state index contributed by atoms with van der Waals surface area (Å²) in [5.74, 6) is 0.594. The zero-order valence-electron chi connectivity index (χ0n) is 20.0. The number of hydrogen-bond acceptors (Lipinski definition) is 5. The number of rotatable bonds is 9. The van der Waals surface area contributed by atoms with E-state index in [0.717, 1.165) is 37.1 Å². The van der Waals surface area contributed by atoms with Crippen LogP contribution in [0, 0.1) is 0 Å². The van der Waals surface area contributed by atoms with Gasteiger partial charge in [0, 0.05) is 31.9 Å². The number of halogens is 1. The molecule has 0 radical (unpaired) electrons. The van der Waals surface area contributed by atoms with E-state index in [2.05, 4.69) is 26.3 Å². The Morgan fingerprint density at radius 3 is 2.61 bits per heavy atom. The van der Waals surface area contributed by atoms with E-state index >= 15 is 0 Å². The van der Waals surface area contributed by atoms with Crippen LogP contribution in [0.3, 0.4) is 0 Å². The highest BCUT2D eigenvalue weighted by Crippen LogP contribution is 2.16. The van der Waals surface area contributed by atoms with Gasteiger partial charge in [-0.05, 0) is 64.7 Å². The minimum atomic E-state index is -0.502. The number of anilines is 1. The summed E-state index contributed by atoms with van der Waals surface area (Å²) in [5, 5.41) is 12.1. The highest BCUT2D eigenvalue weighted by Gasteiger charge is 2.23. The van der Waals surface area contributed by atoms with Gasteiger partial charge < -0.3 is 30.7 Å². The molecule has 1 aromatic rings. The molecular formula is C23H38IN5O4. The van der Waals surface area contributed by atoms with Gasteiger partial charge in [-0.1, -0.05) is 12.1 Å². The van der Waals surface area contributed by atoms with Gasteiger partial charge in [-0.3, -0.25) is 4.79 Å². The number of carbonyl (C=O) groups is 2. The summed E-state index contributed by atoms with van der Waals surface area (Å²) in [6.45, 7) is 10.5. The lowest BCUT2D eigenvalue weighted by atomic mass is 10.2. The molecule has 10 heteroatoms. The van der Waals surface area contributed by atoms with Crippen molar-refractivity contribution in [3.8, 4) is 0 Å². The van der Waals surface area contributed by atoms with E-state index in [1.165, 1.54) is 0 Å². The number of carbonyl (C=O) groups excluding carboxylic acids is 2. The first-order valence-corrected chi connectivity index (χ1v) is 11.3. The van der Waals surface area contributed by atoms with Gasteiger partial charge in [-0.15, -0.1) is 24.0 Å². The minimum Gasteiger partial charge on any atom is -0.444 e. The minimum absolute atomic E-state index is 0.